The lowest BCUT2D eigenvalue weighted by atomic mass is 9.51. The fraction of sp³-hybridized carbons (Fsp3) is 0.545. The first-order chi connectivity index (χ1) is 14.9. The van der Waals surface area contributed by atoms with Crippen LogP contribution >= 0.6 is 0 Å². The van der Waals surface area contributed by atoms with Gasteiger partial charge in [-0.05, 0) is 12.8 Å². The average molecular weight is 422 g/mol. The van der Waals surface area contributed by atoms with Gasteiger partial charge in [0.1, 0.15) is 23.4 Å². The molecule has 4 atom stereocenters. The number of benzene rings is 1. The third-order valence-corrected chi connectivity index (χ3v) is 6.83. The van der Waals surface area contributed by atoms with Crippen LogP contribution in [0.1, 0.15) is 37.4 Å². The van der Waals surface area contributed by atoms with Crippen molar-refractivity contribution in [2.24, 2.45) is 16.7 Å². The highest BCUT2D eigenvalue weighted by Gasteiger charge is 2.80. The number of ether oxygens (including phenoxy) is 5. The lowest BCUT2D eigenvalue weighted by Crippen LogP contribution is -2.60. The van der Waals surface area contributed by atoms with Crippen LogP contribution in [0.2, 0.25) is 0 Å². The fourth-order valence-corrected chi connectivity index (χ4v) is 5.41. The summed E-state index contributed by atoms with van der Waals surface area (Å²) in [4.78, 5) is 0. The van der Waals surface area contributed by atoms with Gasteiger partial charge >= 0.3 is 0 Å². The van der Waals surface area contributed by atoms with Gasteiger partial charge in [-0.15, -0.1) is 0 Å². The van der Waals surface area contributed by atoms with Crippen LogP contribution in [0.5, 0.6) is 17.2 Å². The van der Waals surface area contributed by atoms with Crippen LogP contribution in [-0.4, -0.2) is 33.0 Å². The molecule has 1 saturated carbocycles. The minimum Gasteiger partial charge on any atom is -0.496 e. The summed E-state index contributed by atoms with van der Waals surface area (Å²) in [6.45, 7) is 0. The molecule has 4 unspecified atom stereocenters. The lowest BCUT2D eigenvalue weighted by Gasteiger charge is -2.51. The van der Waals surface area contributed by atoms with E-state index < -0.39 is 28.6 Å². The highest BCUT2D eigenvalue weighted by atomic mass is 16.7. The molecule has 1 aliphatic carbocycles. The molecule has 1 aromatic carbocycles. The SMILES string of the molecule is COc1cc(OC)c(C2OC34CCCCC3C(C#N)(C(=N)O4)C2(C#N)C#N)c(OC)c1. The van der Waals surface area contributed by atoms with Crippen LogP contribution in [0.15, 0.2) is 12.1 Å². The summed E-state index contributed by atoms with van der Waals surface area (Å²) >= 11 is 0. The summed E-state index contributed by atoms with van der Waals surface area (Å²) in [5.41, 5.74) is -3.54. The van der Waals surface area contributed by atoms with Crippen molar-refractivity contribution >= 4 is 5.90 Å². The fourth-order valence-electron chi connectivity index (χ4n) is 5.41. The van der Waals surface area contributed by atoms with Crippen LogP contribution in [0.25, 0.3) is 0 Å². The molecular formula is C22H22N4O5. The van der Waals surface area contributed by atoms with Gasteiger partial charge in [0.15, 0.2) is 5.41 Å². The van der Waals surface area contributed by atoms with Crippen LogP contribution in [0.3, 0.4) is 0 Å². The number of nitrogens with zero attached hydrogens (tertiary/aromatic N) is 3. The maximum absolute atomic E-state index is 10.4. The van der Waals surface area contributed by atoms with E-state index in [9.17, 15) is 15.8 Å². The Labute approximate surface area is 180 Å². The number of rotatable bonds is 4. The molecule has 0 radical (unpaired) electrons. The van der Waals surface area contributed by atoms with Crippen LogP contribution in [-0.2, 0) is 9.47 Å². The van der Waals surface area contributed by atoms with Gasteiger partial charge in [0.25, 0.3) is 0 Å². The van der Waals surface area contributed by atoms with Gasteiger partial charge in [-0.25, -0.2) is 0 Å². The van der Waals surface area contributed by atoms with Gasteiger partial charge in [-0.1, -0.05) is 6.42 Å². The van der Waals surface area contributed by atoms with Gasteiger partial charge < -0.3 is 23.7 Å². The number of nitrogens with one attached hydrogen (secondary N) is 1. The van der Waals surface area contributed by atoms with Crippen molar-refractivity contribution in [1.82, 2.24) is 0 Å². The summed E-state index contributed by atoms with van der Waals surface area (Å²) < 4.78 is 28.7. The van der Waals surface area contributed by atoms with Crippen molar-refractivity contribution in [3.05, 3.63) is 17.7 Å². The van der Waals surface area contributed by atoms with E-state index in [4.69, 9.17) is 29.1 Å². The number of methoxy groups -OCH3 is 3. The smallest absolute Gasteiger partial charge is 0.217 e. The lowest BCUT2D eigenvalue weighted by molar-refractivity contribution is -0.295. The molecule has 0 amide bonds. The molecule has 31 heavy (non-hydrogen) atoms. The Morgan fingerprint density at radius 2 is 1.65 bits per heavy atom. The summed E-state index contributed by atoms with van der Waals surface area (Å²) in [7, 11) is 4.37. The molecular weight excluding hydrogens is 400 g/mol. The third-order valence-electron chi connectivity index (χ3n) is 6.83. The maximum Gasteiger partial charge on any atom is 0.217 e. The molecule has 9 heteroatoms. The van der Waals surface area contributed by atoms with E-state index >= 15 is 0 Å². The van der Waals surface area contributed by atoms with Crippen LogP contribution < -0.4 is 14.2 Å². The van der Waals surface area contributed by atoms with E-state index in [0.29, 0.717) is 24.2 Å². The van der Waals surface area contributed by atoms with Crippen molar-refractivity contribution in [2.45, 2.75) is 37.6 Å². The van der Waals surface area contributed by atoms with Crippen molar-refractivity contribution in [3.63, 3.8) is 0 Å². The maximum atomic E-state index is 10.4. The van der Waals surface area contributed by atoms with Gasteiger partial charge in [0, 0.05) is 18.6 Å². The molecule has 3 fully saturated rings. The van der Waals surface area contributed by atoms with Crippen LogP contribution in [0.4, 0.5) is 0 Å². The summed E-state index contributed by atoms with van der Waals surface area (Å²) in [6, 6.07) is 9.46. The standard InChI is InChI=1S/C22H22N4O5/c1-27-13-8-14(28-2)17(15(9-13)29-3)18-20(10-23,11-24)21(12-25)16-6-4-5-7-22(16,30-18)31-19(21)26/h8-9,16,18,26H,4-7H2,1-3H3. The van der Waals surface area contributed by atoms with Crippen molar-refractivity contribution < 1.29 is 23.7 Å². The molecule has 2 aliphatic heterocycles. The minimum atomic E-state index is -2.06. The monoisotopic (exact) mass is 422 g/mol. The quantitative estimate of drug-likeness (QED) is 0.779. The second-order valence-electron chi connectivity index (χ2n) is 7.94. The molecule has 1 N–H and O–H groups in total. The largest absolute Gasteiger partial charge is 0.496 e. The zero-order valence-corrected chi connectivity index (χ0v) is 17.5. The molecule has 4 rings (SSSR count). The van der Waals surface area contributed by atoms with E-state index in [1.165, 1.54) is 21.3 Å². The number of nitriles is 3. The Kier molecular flexibility index (Phi) is 4.72. The molecule has 2 heterocycles. The molecule has 1 aromatic rings. The molecule has 2 saturated heterocycles. The Morgan fingerprint density at radius 1 is 1.00 bits per heavy atom. The summed E-state index contributed by atoms with van der Waals surface area (Å²) in [6.07, 6.45) is 1.29. The Morgan fingerprint density at radius 3 is 2.16 bits per heavy atom. The topological polar surface area (TPSA) is 141 Å². The zero-order chi connectivity index (χ0) is 22.4. The molecule has 3 aliphatic rings. The van der Waals surface area contributed by atoms with E-state index in [0.717, 1.165) is 12.8 Å². The van der Waals surface area contributed by atoms with E-state index in [1.54, 1.807) is 12.1 Å². The van der Waals surface area contributed by atoms with Crippen molar-refractivity contribution in [1.29, 1.82) is 21.2 Å². The average Bonchev–Trinajstić information content (AvgIpc) is 3.02. The molecule has 0 spiro atoms. The number of hydrogen-bond donors (Lipinski definition) is 1. The first-order valence-corrected chi connectivity index (χ1v) is 9.93. The molecule has 160 valence electrons. The first kappa shape index (κ1) is 20.8. The van der Waals surface area contributed by atoms with Gasteiger partial charge in [0.05, 0.1) is 51.0 Å². The van der Waals surface area contributed by atoms with Crippen molar-refractivity contribution in [2.75, 3.05) is 21.3 Å². The molecule has 9 nitrogen and oxygen atoms in total. The zero-order valence-electron chi connectivity index (χ0n) is 17.5. The van der Waals surface area contributed by atoms with Gasteiger partial charge in [0.2, 0.25) is 17.1 Å². The van der Waals surface area contributed by atoms with E-state index in [2.05, 4.69) is 18.2 Å². The number of hydrogen-bond acceptors (Lipinski definition) is 9. The predicted octanol–water partition coefficient (Wildman–Crippen LogP) is 3.22. The van der Waals surface area contributed by atoms with E-state index in [1.807, 2.05) is 0 Å². The Hall–Kier alpha value is -3.48. The minimum absolute atomic E-state index is 0.278. The summed E-state index contributed by atoms with van der Waals surface area (Å²) in [5, 5.41) is 39.7. The van der Waals surface area contributed by atoms with Crippen molar-refractivity contribution in [3.8, 4) is 35.5 Å². The van der Waals surface area contributed by atoms with Gasteiger partial charge in [-0.2, -0.15) is 15.8 Å². The second-order valence-corrected chi connectivity index (χ2v) is 7.94. The highest BCUT2D eigenvalue weighted by Crippen LogP contribution is 2.70. The Bertz CT molecular complexity index is 1030. The normalized spacial score (nSPS) is 32.5. The Balaban J connectivity index is 2.05. The third kappa shape index (κ3) is 2.34. The molecule has 2 bridgehead atoms. The second kappa shape index (κ2) is 7.04. The summed E-state index contributed by atoms with van der Waals surface area (Å²) in [5.74, 6) is -1.25. The predicted molar refractivity (Wildman–Crippen MR) is 105 cm³/mol. The van der Waals surface area contributed by atoms with Gasteiger partial charge in [-0.3, -0.25) is 5.41 Å². The van der Waals surface area contributed by atoms with E-state index in [-0.39, 0.29) is 17.4 Å². The highest BCUT2D eigenvalue weighted by molar-refractivity contribution is 5.89. The van der Waals surface area contributed by atoms with Crippen LogP contribution in [0, 0.1) is 56.2 Å². The molecule has 0 aromatic heterocycles. The first-order valence-electron chi connectivity index (χ1n) is 9.93.